The second-order valence-electron chi connectivity index (χ2n) is 8.07. The Morgan fingerprint density at radius 2 is 1.73 bits per heavy atom. The summed E-state index contributed by atoms with van der Waals surface area (Å²) in [7, 11) is -3.69. The van der Waals surface area contributed by atoms with Crippen molar-refractivity contribution in [2.45, 2.75) is 17.7 Å². The summed E-state index contributed by atoms with van der Waals surface area (Å²) in [5.41, 5.74) is 1.25. The van der Waals surface area contributed by atoms with E-state index in [1.807, 2.05) is 11.0 Å². The lowest BCUT2D eigenvalue weighted by Crippen LogP contribution is -2.41. The van der Waals surface area contributed by atoms with E-state index < -0.39 is 15.8 Å². The number of nitrogens with zero attached hydrogens (tertiary/aromatic N) is 3. The minimum Gasteiger partial charge on any atom is -0.378 e. The van der Waals surface area contributed by atoms with Crippen LogP contribution in [0.5, 0.6) is 0 Å². The zero-order valence-electron chi connectivity index (χ0n) is 18.0. The number of carbonyl (C=O) groups excluding carboxylic acids is 1. The van der Waals surface area contributed by atoms with Gasteiger partial charge in [-0.3, -0.25) is 4.79 Å². The first-order chi connectivity index (χ1) is 15.9. The summed E-state index contributed by atoms with van der Waals surface area (Å²) in [6.45, 7) is 2.77. The third-order valence-corrected chi connectivity index (χ3v) is 7.93. The quantitative estimate of drug-likeness (QED) is 0.718. The topological polar surface area (TPSA) is 103 Å². The molecule has 0 aromatic heterocycles. The van der Waals surface area contributed by atoms with Gasteiger partial charge < -0.3 is 15.0 Å². The molecule has 0 aliphatic carbocycles. The highest BCUT2D eigenvalue weighted by Crippen LogP contribution is 2.27. The average molecular weight is 473 g/mol. The molecule has 1 amide bonds. The van der Waals surface area contributed by atoms with Crippen molar-refractivity contribution in [3.05, 3.63) is 53.8 Å². The molecule has 8 nitrogen and oxygen atoms in total. The van der Waals surface area contributed by atoms with Gasteiger partial charge in [0.15, 0.2) is 0 Å². The molecular weight excluding hydrogens is 447 g/mol. The number of hydrogen-bond donors (Lipinski definition) is 1. The van der Waals surface area contributed by atoms with E-state index in [4.69, 9.17) is 10.00 Å². The Morgan fingerprint density at radius 3 is 2.33 bits per heavy atom. The van der Waals surface area contributed by atoms with Crippen LogP contribution in [0.1, 0.15) is 18.4 Å². The number of morpholine rings is 1. The molecule has 2 aromatic rings. The molecule has 174 valence electrons. The number of ether oxygens (including phenoxy) is 1. The van der Waals surface area contributed by atoms with Crippen molar-refractivity contribution < 1.29 is 22.3 Å². The number of amides is 1. The number of halogens is 1. The first-order valence-corrected chi connectivity index (χ1v) is 12.3. The monoisotopic (exact) mass is 472 g/mol. The number of hydrogen-bond acceptors (Lipinski definition) is 6. The molecule has 2 aliphatic heterocycles. The summed E-state index contributed by atoms with van der Waals surface area (Å²) in [5, 5.41) is 11.6. The van der Waals surface area contributed by atoms with Crippen LogP contribution in [-0.4, -0.2) is 58.0 Å². The zero-order valence-corrected chi connectivity index (χ0v) is 18.9. The molecule has 4 rings (SSSR count). The minimum atomic E-state index is -3.69. The predicted molar refractivity (Wildman–Crippen MR) is 121 cm³/mol. The molecule has 0 unspecified atom stereocenters. The smallest absolute Gasteiger partial charge is 0.243 e. The van der Waals surface area contributed by atoms with E-state index in [2.05, 4.69) is 5.32 Å². The fourth-order valence-electron chi connectivity index (χ4n) is 4.10. The molecule has 2 fully saturated rings. The second kappa shape index (κ2) is 9.87. The molecule has 33 heavy (non-hydrogen) atoms. The molecule has 2 aromatic carbocycles. The van der Waals surface area contributed by atoms with Crippen LogP contribution in [0.25, 0.3) is 0 Å². The van der Waals surface area contributed by atoms with E-state index >= 15 is 0 Å². The Morgan fingerprint density at radius 1 is 1.06 bits per heavy atom. The first kappa shape index (κ1) is 23.2. The Labute approximate surface area is 192 Å². The Hall–Kier alpha value is -3.00. The maximum absolute atomic E-state index is 14.6. The number of nitrogens with one attached hydrogen (secondary N) is 1. The summed E-state index contributed by atoms with van der Waals surface area (Å²) in [4.78, 5) is 14.7. The van der Waals surface area contributed by atoms with Crippen LogP contribution in [0.3, 0.4) is 0 Å². The van der Waals surface area contributed by atoms with Gasteiger partial charge in [0.25, 0.3) is 0 Å². The number of sulfonamides is 1. The number of benzene rings is 2. The Kier molecular flexibility index (Phi) is 6.93. The highest BCUT2D eigenvalue weighted by atomic mass is 32.2. The van der Waals surface area contributed by atoms with Crippen LogP contribution < -0.4 is 10.2 Å². The second-order valence-corrected chi connectivity index (χ2v) is 10.0. The van der Waals surface area contributed by atoms with Crippen molar-refractivity contribution in [1.82, 2.24) is 4.31 Å². The van der Waals surface area contributed by atoms with Gasteiger partial charge in [0, 0.05) is 37.8 Å². The van der Waals surface area contributed by atoms with Crippen molar-refractivity contribution in [1.29, 1.82) is 5.26 Å². The van der Waals surface area contributed by atoms with Crippen molar-refractivity contribution in [2.75, 3.05) is 49.6 Å². The van der Waals surface area contributed by atoms with Crippen LogP contribution in [0.4, 0.5) is 15.8 Å². The van der Waals surface area contributed by atoms with E-state index in [9.17, 15) is 17.6 Å². The van der Waals surface area contributed by atoms with Crippen molar-refractivity contribution in [2.24, 2.45) is 5.92 Å². The number of anilines is 2. The van der Waals surface area contributed by atoms with Crippen molar-refractivity contribution in [3.63, 3.8) is 0 Å². The largest absolute Gasteiger partial charge is 0.378 e. The maximum atomic E-state index is 14.6. The van der Waals surface area contributed by atoms with Crippen LogP contribution in [0.15, 0.2) is 47.4 Å². The zero-order chi connectivity index (χ0) is 23.4. The molecule has 0 bridgehead atoms. The minimum absolute atomic E-state index is 0.125. The fraction of sp³-hybridized carbons (Fsp3) is 0.391. The third-order valence-electron chi connectivity index (χ3n) is 6.01. The van der Waals surface area contributed by atoms with Crippen molar-refractivity contribution >= 4 is 27.3 Å². The molecule has 2 aliphatic rings. The molecule has 1 N–H and O–H groups in total. The maximum Gasteiger partial charge on any atom is 0.243 e. The summed E-state index contributed by atoms with van der Waals surface area (Å²) in [5.74, 6) is -1.01. The number of nitriles is 1. The van der Waals surface area contributed by atoms with Crippen LogP contribution in [0, 0.1) is 23.1 Å². The predicted octanol–water partition coefficient (Wildman–Crippen LogP) is 2.57. The van der Waals surface area contributed by atoms with Gasteiger partial charge in [-0.15, -0.1) is 0 Å². The van der Waals surface area contributed by atoms with E-state index in [1.54, 1.807) is 12.1 Å². The van der Waals surface area contributed by atoms with Gasteiger partial charge in [0.1, 0.15) is 5.82 Å². The molecule has 0 radical (unpaired) electrons. The van der Waals surface area contributed by atoms with E-state index in [1.165, 1.54) is 34.6 Å². The molecule has 2 saturated heterocycles. The fourth-order valence-corrected chi connectivity index (χ4v) is 5.57. The summed E-state index contributed by atoms with van der Waals surface area (Å²) < 4.78 is 46.9. The molecule has 0 spiro atoms. The van der Waals surface area contributed by atoms with Gasteiger partial charge in [0.05, 0.1) is 35.4 Å². The molecule has 10 heteroatoms. The number of rotatable bonds is 5. The van der Waals surface area contributed by atoms with Crippen LogP contribution in [-0.2, 0) is 19.6 Å². The molecule has 2 heterocycles. The van der Waals surface area contributed by atoms with Gasteiger partial charge in [0.2, 0.25) is 15.9 Å². The summed E-state index contributed by atoms with van der Waals surface area (Å²) >= 11 is 0. The number of carbonyl (C=O) groups is 1. The molecule has 0 saturated carbocycles. The Balaban J connectivity index is 1.34. The van der Waals surface area contributed by atoms with E-state index in [0.717, 1.165) is 0 Å². The lowest BCUT2D eigenvalue weighted by molar-refractivity contribution is -0.120. The standard InChI is InChI=1S/C23H25FN4O4S/c24-21-15-19(3-6-22(21)27-11-13-32-14-12-27)26-23(29)18-7-9-28(10-8-18)33(30,31)20-4-1-17(16-25)2-5-20/h1-6,15,18H,7-14H2,(H,26,29). The van der Waals surface area contributed by atoms with Gasteiger partial charge in [-0.25, -0.2) is 12.8 Å². The Bertz CT molecular complexity index is 1150. The van der Waals surface area contributed by atoms with Gasteiger partial charge in [-0.2, -0.15) is 9.57 Å². The highest BCUT2D eigenvalue weighted by molar-refractivity contribution is 7.89. The lowest BCUT2D eigenvalue weighted by Gasteiger charge is -2.31. The van der Waals surface area contributed by atoms with Crippen LogP contribution in [0.2, 0.25) is 0 Å². The number of piperidine rings is 1. The van der Waals surface area contributed by atoms with E-state index in [-0.39, 0.29) is 29.8 Å². The highest BCUT2D eigenvalue weighted by Gasteiger charge is 2.32. The summed E-state index contributed by atoms with van der Waals surface area (Å²) in [6, 6.07) is 12.4. The summed E-state index contributed by atoms with van der Waals surface area (Å²) in [6.07, 6.45) is 0.741. The lowest BCUT2D eigenvalue weighted by atomic mass is 9.97. The van der Waals surface area contributed by atoms with Crippen molar-refractivity contribution in [3.8, 4) is 6.07 Å². The van der Waals surface area contributed by atoms with Gasteiger partial charge in [-0.1, -0.05) is 0 Å². The van der Waals surface area contributed by atoms with Crippen LogP contribution >= 0.6 is 0 Å². The van der Waals surface area contributed by atoms with Gasteiger partial charge in [-0.05, 0) is 55.3 Å². The third kappa shape index (κ3) is 5.16. The first-order valence-electron chi connectivity index (χ1n) is 10.8. The SMILES string of the molecule is N#Cc1ccc(S(=O)(=O)N2CCC(C(=O)Nc3ccc(N4CCOCC4)c(F)c3)CC2)cc1. The normalized spacial score (nSPS) is 18.0. The average Bonchev–Trinajstić information content (AvgIpc) is 2.85. The van der Waals surface area contributed by atoms with E-state index in [0.29, 0.717) is 56.1 Å². The molecular formula is C23H25FN4O4S. The molecule has 0 atom stereocenters. The van der Waals surface area contributed by atoms with Gasteiger partial charge >= 0.3 is 0 Å².